The number of aromatic nitrogens is 4. The van der Waals surface area contributed by atoms with Crippen LogP contribution in [-0.2, 0) is 19.9 Å². The summed E-state index contributed by atoms with van der Waals surface area (Å²) >= 11 is 0. The standard InChI is InChI=1S/C21H27N5O4/c1-26-16(12-6-2-3-8-14(12)25-26)18(28)22-11-10-21-9-5-4-7-13(21)15-17(27)23-20(29)24-19(15)30-21/h13H,2-11H2,1H3,(H,22,28)(H2,23,24,27,29)/t13-,21+/m1/s1. The zero-order valence-electron chi connectivity index (χ0n) is 17.2. The van der Waals surface area contributed by atoms with Crippen molar-refractivity contribution in [2.75, 3.05) is 6.54 Å². The first kappa shape index (κ1) is 19.1. The molecule has 0 radical (unpaired) electrons. The van der Waals surface area contributed by atoms with Gasteiger partial charge in [-0.25, -0.2) is 4.79 Å². The Balaban J connectivity index is 1.33. The van der Waals surface area contributed by atoms with Crippen LogP contribution < -0.4 is 21.3 Å². The molecule has 1 amide bonds. The van der Waals surface area contributed by atoms with Crippen LogP contribution in [0, 0.1) is 0 Å². The van der Waals surface area contributed by atoms with Gasteiger partial charge in [-0.1, -0.05) is 6.42 Å². The van der Waals surface area contributed by atoms with Crippen molar-refractivity contribution in [3.05, 3.63) is 43.4 Å². The van der Waals surface area contributed by atoms with Crippen molar-refractivity contribution in [2.45, 2.75) is 69.3 Å². The molecule has 0 spiro atoms. The van der Waals surface area contributed by atoms with Gasteiger partial charge in [-0.15, -0.1) is 0 Å². The first-order valence-electron chi connectivity index (χ1n) is 10.9. The number of nitrogens with zero attached hydrogens (tertiary/aromatic N) is 2. The number of ether oxygens (including phenoxy) is 1. The lowest BCUT2D eigenvalue weighted by atomic mass is 9.72. The summed E-state index contributed by atoms with van der Waals surface area (Å²) in [5.74, 6) is 0.115. The predicted molar refractivity (Wildman–Crippen MR) is 109 cm³/mol. The molecule has 5 rings (SSSR count). The number of hydrogen-bond donors (Lipinski definition) is 3. The van der Waals surface area contributed by atoms with E-state index < -0.39 is 11.3 Å². The van der Waals surface area contributed by atoms with Crippen LogP contribution in [0.25, 0.3) is 0 Å². The summed E-state index contributed by atoms with van der Waals surface area (Å²) in [5.41, 5.74) is 1.83. The maximum Gasteiger partial charge on any atom is 0.328 e. The first-order valence-corrected chi connectivity index (χ1v) is 10.9. The molecule has 2 aliphatic carbocycles. The summed E-state index contributed by atoms with van der Waals surface area (Å²) < 4.78 is 7.90. The molecule has 1 aliphatic heterocycles. The highest BCUT2D eigenvalue weighted by molar-refractivity contribution is 5.94. The van der Waals surface area contributed by atoms with Gasteiger partial charge in [0.2, 0.25) is 5.88 Å². The Morgan fingerprint density at radius 1 is 1.23 bits per heavy atom. The molecule has 160 valence electrons. The summed E-state index contributed by atoms with van der Waals surface area (Å²) in [6, 6.07) is 0. The van der Waals surface area contributed by atoms with Gasteiger partial charge in [0, 0.05) is 31.5 Å². The molecule has 30 heavy (non-hydrogen) atoms. The van der Waals surface area contributed by atoms with E-state index in [1.165, 1.54) is 0 Å². The van der Waals surface area contributed by atoms with Crippen LogP contribution in [0.1, 0.15) is 78.2 Å². The zero-order valence-corrected chi connectivity index (χ0v) is 17.2. The Labute approximate surface area is 173 Å². The second-order valence-electron chi connectivity index (χ2n) is 8.73. The van der Waals surface area contributed by atoms with Crippen molar-refractivity contribution >= 4 is 5.91 Å². The van der Waals surface area contributed by atoms with E-state index in [4.69, 9.17) is 4.74 Å². The van der Waals surface area contributed by atoms with Crippen LogP contribution in [0.5, 0.6) is 5.88 Å². The molecule has 2 aromatic rings. The zero-order chi connectivity index (χ0) is 20.9. The molecule has 3 aliphatic rings. The first-order chi connectivity index (χ1) is 14.5. The lowest BCUT2D eigenvalue weighted by Crippen LogP contribution is -2.44. The van der Waals surface area contributed by atoms with Gasteiger partial charge in [0.05, 0.1) is 11.3 Å². The Hall–Kier alpha value is -2.84. The molecule has 9 heteroatoms. The van der Waals surface area contributed by atoms with Crippen molar-refractivity contribution < 1.29 is 9.53 Å². The number of aromatic amines is 2. The van der Waals surface area contributed by atoms with E-state index in [0.29, 0.717) is 30.1 Å². The fourth-order valence-electron chi connectivity index (χ4n) is 5.60. The molecule has 0 bridgehead atoms. The molecule has 2 atom stereocenters. The van der Waals surface area contributed by atoms with Gasteiger partial charge in [0.15, 0.2) is 0 Å². The lowest BCUT2D eigenvalue weighted by Gasteiger charge is -2.38. The second-order valence-corrected chi connectivity index (χ2v) is 8.73. The highest BCUT2D eigenvalue weighted by Gasteiger charge is 2.51. The topological polar surface area (TPSA) is 122 Å². The normalized spacial score (nSPS) is 24.5. The number of rotatable bonds is 4. The molecule has 0 aromatic carbocycles. The fraction of sp³-hybridized carbons (Fsp3) is 0.619. The molecule has 0 saturated heterocycles. The average molecular weight is 413 g/mol. The molecular formula is C21H27N5O4. The highest BCUT2D eigenvalue weighted by atomic mass is 16.5. The smallest absolute Gasteiger partial charge is 0.328 e. The second kappa shape index (κ2) is 7.14. The minimum Gasteiger partial charge on any atom is -0.471 e. The third-order valence-electron chi connectivity index (χ3n) is 6.94. The monoisotopic (exact) mass is 413 g/mol. The Kier molecular flexibility index (Phi) is 4.56. The third kappa shape index (κ3) is 2.98. The number of nitrogens with one attached hydrogen (secondary N) is 3. The van der Waals surface area contributed by atoms with Crippen molar-refractivity contribution in [2.24, 2.45) is 7.05 Å². The maximum atomic E-state index is 12.9. The quantitative estimate of drug-likeness (QED) is 0.697. The summed E-state index contributed by atoms with van der Waals surface area (Å²) in [6.07, 6.45) is 8.26. The van der Waals surface area contributed by atoms with E-state index >= 15 is 0 Å². The molecule has 2 aromatic heterocycles. The molecule has 1 saturated carbocycles. The van der Waals surface area contributed by atoms with E-state index in [1.54, 1.807) is 4.68 Å². The number of carbonyl (C=O) groups is 1. The van der Waals surface area contributed by atoms with Gasteiger partial charge < -0.3 is 10.1 Å². The summed E-state index contributed by atoms with van der Waals surface area (Å²) in [7, 11) is 1.82. The number of H-pyrrole nitrogens is 2. The number of fused-ring (bicyclic) bond motifs is 4. The number of hydrogen-bond acceptors (Lipinski definition) is 5. The van der Waals surface area contributed by atoms with Crippen molar-refractivity contribution in [3.63, 3.8) is 0 Å². The van der Waals surface area contributed by atoms with E-state index in [-0.39, 0.29) is 17.4 Å². The summed E-state index contributed by atoms with van der Waals surface area (Å²) in [5, 5.41) is 7.57. The lowest BCUT2D eigenvalue weighted by molar-refractivity contribution is 0.0245. The number of aryl methyl sites for hydroxylation is 2. The predicted octanol–water partition coefficient (Wildman–Crippen LogP) is 1.28. The highest BCUT2D eigenvalue weighted by Crippen LogP contribution is 2.51. The van der Waals surface area contributed by atoms with E-state index in [1.807, 2.05) is 7.05 Å². The van der Waals surface area contributed by atoms with E-state index in [0.717, 1.165) is 62.6 Å². The van der Waals surface area contributed by atoms with Crippen LogP contribution in [0.2, 0.25) is 0 Å². The molecule has 3 heterocycles. The summed E-state index contributed by atoms with van der Waals surface area (Å²) in [6.45, 7) is 0.436. The molecule has 9 nitrogen and oxygen atoms in total. The molecule has 1 fully saturated rings. The van der Waals surface area contributed by atoms with Crippen molar-refractivity contribution in [3.8, 4) is 5.88 Å². The number of amides is 1. The minimum absolute atomic E-state index is 0.0665. The van der Waals surface area contributed by atoms with Gasteiger partial charge in [0.25, 0.3) is 11.5 Å². The molecule has 0 unspecified atom stereocenters. The van der Waals surface area contributed by atoms with Crippen molar-refractivity contribution in [1.82, 2.24) is 25.1 Å². The molecular weight excluding hydrogens is 386 g/mol. The van der Waals surface area contributed by atoms with Crippen LogP contribution in [0.3, 0.4) is 0 Å². The van der Waals surface area contributed by atoms with Crippen LogP contribution in [-0.4, -0.2) is 37.8 Å². The minimum atomic E-state index is -0.558. The Bertz CT molecular complexity index is 1110. The Morgan fingerprint density at radius 2 is 2.07 bits per heavy atom. The van der Waals surface area contributed by atoms with Crippen LogP contribution >= 0.6 is 0 Å². The molecule has 3 N–H and O–H groups in total. The average Bonchev–Trinajstić information content (AvgIpc) is 3.21. The SMILES string of the molecule is Cn1nc2c(c1C(=O)NCC[C@@]13CCCC[C@@H]1c1c([nH]c(=O)[nH]c1=O)O3)CCCC2. The van der Waals surface area contributed by atoms with E-state index in [9.17, 15) is 14.4 Å². The van der Waals surface area contributed by atoms with Crippen LogP contribution in [0.15, 0.2) is 9.59 Å². The maximum absolute atomic E-state index is 12.9. The van der Waals surface area contributed by atoms with Gasteiger partial charge >= 0.3 is 5.69 Å². The van der Waals surface area contributed by atoms with Crippen molar-refractivity contribution in [1.29, 1.82) is 0 Å². The van der Waals surface area contributed by atoms with Gasteiger partial charge in [-0.3, -0.25) is 24.2 Å². The third-order valence-corrected chi connectivity index (χ3v) is 6.94. The van der Waals surface area contributed by atoms with E-state index in [2.05, 4.69) is 20.4 Å². The summed E-state index contributed by atoms with van der Waals surface area (Å²) in [4.78, 5) is 42.0. The van der Waals surface area contributed by atoms with Crippen LogP contribution in [0.4, 0.5) is 0 Å². The van der Waals surface area contributed by atoms with Gasteiger partial charge in [-0.2, -0.15) is 5.10 Å². The number of carbonyl (C=O) groups excluding carboxylic acids is 1. The van der Waals surface area contributed by atoms with Gasteiger partial charge in [-0.05, 0) is 44.9 Å². The fourth-order valence-corrected chi connectivity index (χ4v) is 5.60. The Morgan fingerprint density at radius 3 is 2.93 bits per heavy atom. The van der Waals surface area contributed by atoms with Gasteiger partial charge in [0.1, 0.15) is 11.3 Å². The largest absolute Gasteiger partial charge is 0.471 e.